The lowest BCUT2D eigenvalue weighted by atomic mass is 9.87. The number of aliphatic hydroxyl groups excluding tert-OH is 2. The number of carbonyl (C=O) groups excluding carboxylic acids is 3. The maximum absolute atomic E-state index is 12.5. The van der Waals surface area contributed by atoms with Gasteiger partial charge in [0.05, 0.1) is 55.1 Å². The van der Waals surface area contributed by atoms with E-state index in [2.05, 4.69) is 43.5 Å². The number of nitrogens with one attached hydrogen (secondary N) is 2. The Balaban J connectivity index is 1.47. The summed E-state index contributed by atoms with van der Waals surface area (Å²) in [5.74, 6) is -1.25. The minimum atomic E-state index is -5.92. The maximum atomic E-state index is 12.5. The highest BCUT2D eigenvalue weighted by Crippen LogP contribution is 2.56. The predicted molar refractivity (Wildman–Crippen MR) is 190 cm³/mol. The lowest BCUT2D eigenvalue weighted by molar-refractivity contribution is -0.864. The van der Waals surface area contributed by atoms with Crippen LogP contribution in [0.25, 0.3) is 11.2 Å². The summed E-state index contributed by atoms with van der Waals surface area (Å²) in [6, 6.07) is 0. The summed E-state index contributed by atoms with van der Waals surface area (Å²) in [4.78, 5) is 96.0. The highest BCUT2D eigenvalue weighted by Gasteiger charge is 2.47. The molecule has 3 heterocycles. The monoisotopic (exact) mass is 889 g/mol. The number of imidazole rings is 1. The van der Waals surface area contributed by atoms with E-state index >= 15 is 0 Å². The van der Waals surface area contributed by atoms with Gasteiger partial charge in [-0.1, -0.05) is 25.6 Å². The number of hydrogen-bond donors (Lipinski definition) is 5. The number of nitrogens with zero attached hydrogens (tertiary/aromatic N) is 5. The van der Waals surface area contributed by atoms with Crippen LogP contribution in [0.4, 0.5) is 5.82 Å². The van der Waals surface area contributed by atoms with E-state index in [4.69, 9.17) is 10.5 Å². The molecule has 0 radical (unpaired) electrons. The maximum Gasteiger partial charge on any atom is 0.274 e. The molecule has 0 aliphatic carbocycles. The molecule has 29 heteroatoms. The second-order valence-corrected chi connectivity index (χ2v) is 19.2. The summed E-state index contributed by atoms with van der Waals surface area (Å²) in [5.41, 5.74) is 4.06. The molecule has 7 atom stereocenters. The number of thioether (sulfide) groups is 1. The standard InChI is InChI=1S/C28H47N8O17P3S/c1-28(2,23(40)26(41)31-9-8-18(37)30-10-12-57-19(38)7-6-11-36(3,4)5)14-50-56(47,48)53-55(45,46)49-13-17-22(52-54(42,43)44)21(39)27(51-17)35-16-34-20-24(29)32-15-33-25(20)35/h6-7,15-17,21-23,27,39-40H,8-14H2,1-5H3,(H7-,29,30,31,32,33,37,41,42,43,44,45,46,47,48)/p-3/b7-6+/t17-,21-,22-,23+,27-/m1/s1. The smallest absolute Gasteiger partial charge is 0.274 e. The number of phosphoric ester groups is 3. The van der Waals surface area contributed by atoms with Crippen molar-refractivity contribution < 1.29 is 85.0 Å². The van der Waals surface area contributed by atoms with Crippen molar-refractivity contribution in [2.24, 2.45) is 5.41 Å². The number of rotatable bonds is 22. The number of hydrogen-bond acceptors (Lipinski definition) is 22. The van der Waals surface area contributed by atoms with Crippen molar-refractivity contribution in [2.45, 2.75) is 50.9 Å². The van der Waals surface area contributed by atoms with E-state index in [9.17, 15) is 57.9 Å². The summed E-state index contributed by atoms with van der Waals surface area (Å²) in [6.45, 7) is 0.734. The molecule has 0 bridgehead atoms. The molecule has 3 rings (SSSR count). The Morgan fingerprint density at radius 2 is 1.75 bits per heavy atom. The number of ether oxygens (including phenoxy) is 1. The van der Waals surface area contributed by atoms with Gasteiger partial charge < -0.3 is 73.5 Å². The van der Waals surface area contributed by atoms with E-state index in [1.165, 1.54) is 19.9 Å². The molecule has 2 aromatic rings. The summed E-state index contributed by atoms with van der Waals surface area (Å²) < 4.78 is 61.2. The first kappa shape index (κ1) is 48.6. The number of fused-ring (bicyclic) bond motifs is 1. The molecule has 2 amide bonds. The van der Waals surface area contributed by atoms with Gasteiger partial charge in [-0.25, -0.2) is 19.3 Å². The van der Waals surface area contributed by atoms with Crippen molar-refractivity contribution in [1.82, 2.24) is 30.2 Å². The van der Waals surface area contributed by atoms with Crippen molar-refractivity contribution in [3.63, 3.8) is 0 Å². The average molecular weight is 890 g/mol. The van der Waals surface area contributed by atoms with E-state index in [0.717, 1.165) is 29.0 Å². The second kappa shape index (κ2) is 20.0. The largest absolute Gasteiger partial charge is 0.790 e. The van der Waals surface area contributed by atoms with Crippen LogP contribution in [0, 0.1) is 5.41 Å². The normalized spacial score (nSPS) is 21.9. The van der Waals surface area contributed by atoms with Crippen LogP contribution in [0.1, 0.15) is 26.5 Å². The third kappa shape index (κ3) is 15.8. The number of carbonyl (C=O) groups is 3. The van der Waals surface area contributed by atoms with E-state index in [0.29, 0.717) is 16.8 Å². The van der Waals surface area contributed by atoms with Gasteiger partial charge in [0, 0.05) is 30.7 Å². The molecule has 57 heavy (non-hydrogen) atoms. The molecule has 2 unspecified atom stereocenters. The van der Waals surface area contributed by atoms with E-state index in [1.807, 2.05) is 21.1 Å². The number of amides is 2. The molecule has 1 fully saturated rings. The van der Waals surface area contributed by atoms with Gasteiger partial charge in [0.1, 0.15) is 36.3 Å². The molecule has 1 aliphatic heterocycles. The number of nitrogens with two attached hydrogens (primary N) is 1. The molecule has 0 saturated carbocycles. The lowest BCUT2D eigenvalue weighted by Gasteiger charge is -2.36. The number of phosphoric acid groups is 3. The second-order valence-electron chi connectivity index (χ2n) is 14.0. The zero-order valence-corrected chi connectivity index (χ0v) is 34.7. The van der Waals surface area contributed by atoms with Crippen molar-refractivity contribution in [3.8, 4) is 0 Å². The van der Waals surface area contributed by atoms with Crippen LogP contribution in [0.15, 0.2) is 24.8 Å². The summed E-state index contributed by atoms with van der Waals surface area (Å²) in [6.07, 6.45) is -4.38. The van der Waals surface area contributed by atoms with E-state index in [1.54, 1.807) is 6.08 Å². The van der Waals surface area contributed by atoms with Crippen molar-refractivity contribution in [3.05, 3.63) is 24.8 Å². The Hall–Kier alpha value is -2.74. The Bertz CT molecular complexity index is 1910. The first-order chi connectivity index (χ1) is 26.2. The van der Waals surface area contributed by atoms with E-state index in [-0.39, 0.29) is 41.6 Å². The Kier molecular flexibility index (Phi) is 17.1. The van der Waals surface area contributed by atoms with Crippen LogP contribution in [0.3, 0.4) is 0 Å². The highest BCUT2D eigenvalue weighted by atomic mass is 32.2. The first-order valence-corrected chi connectivity index (χ1v) is 22.0. The van der Waals surface area contributed by atoms with Gasteiger partial charge in [-0.2, -0.15) is 0 Å². The van der Waals surface area contributed by atoms with E-state index < -0.39 is 84.6 Å². The molecule has 1 saturated heterocycles. The quantitative estimate of drug-likeness (QED) is 0.0330. The minimum Gasteiger partial charge on any atom is -0.790 e. The Morgan fingerprint density at radius 3 is 2.40 bits per heavy atom. The average Bonchev–Trinajstić information content (AvgIpc) is 3.64. The fraction of sp³-hybridized carbons (Fsp3) is 0.643. The molecule has 25 nitrogen and oxygen atoms in total. The number of aliphatic hydroxyl groups is 2. The van der Waals surface area contributed by atoms with Gasteiger partial charge in [-0.05, 0) is 12.2 Å². The van der Waals surface area contributed by atoms with Crippen molar-refractivity contribution >= 4 is 69.1 Å². The minimum absolute atomic E-state index is 0.0221. The lowest BCUT2D eigenvalue weighted by Crippen LogP contribution is -2.46. The predicted octanol–water partition coefficient (Wildman–Crippen LogP) is -3.60. The Morgan fingerprint density at radius 1 is 1.09 bits per heavy atom. The number of aromatic nitrogens is 4. The third-order valence-corrected chi connectivity index (χ3v) is 11.5. The van der Waals surface area contributed by atoms with Crippen LogP contribution in [0.5, 0.6) is 0 Å². The third-order valence-electron chi connectivity index (χ3n) is 7.63. The van der Waals surface area contributed by atoms with Gasteiger partial charge in [-0.3, -0.25) is 28.1 Å². The molecular weight excluding hydrogens is 845 g/mol. The van der Waals surface area contributed by atoms with Crippen LogP contribution in [0.2, 0.25) is 0 Å². The molecule has 2 aromatic heterocycles. The van der Waals surface area contributed by atoms with Crippen LogP contribution in [-0.2, 0) is 50.7 Å². The van der Waals surface area contributed by atoms with Crippen LogP contribution < -0.4 is 35.9 Å². The topological polar surface area (TPSA) is 375 Å². The van der Waals surface area contributed by atoms with Gasteiger partial charge in [0.15, 0.2) is 17.7 Å². The van der Waals surface area contributed by atoms with Crippen molar-refractivity contribution in [2.75, 3.05) is 65.5 Å². The Labute approximate surface area is 330 Å². The zero-order chi connectivity index (χ0) is 43.0. The molecule has 0 spiro atoms. The summed E-state index contributed by atoms with van der Waals surface area (Å²) >= 11 is 1.02. The SMILES string of the molecule is CC(C)(COP(=O)([O-])OP(=O)([O-])OC[C@H]1O[C@@H](n2cnc3c(N)ncnc32)[C@H](O)[C@@H]1OP(=O)([O-])[O-])[C@@H](O)C(=O)NCCC(=O)NCCSC(=O)/C=C/C[N+](C)(C)C. The van der Waals surface area contributed by atoms with Gasteiger partial charge in [0.25, 0.3) is 15.6 Å². The molecule has 6 N–H and O–H groups in total. The summed E-state index contributed by atoms with van der Waals surface area (Å²) in [7, 11) is -11.7. The molecule has 0 aromatic carbocycles. The number of quaternary nitrogens is 1. The number of likely N-dealkylation sites (N-methyl/N-ethyl adjacent to an activating group) is 1. The number of nitrogen functional groups attached to an aromatic ring is 1. The van der Waals surface area contributed by atoms with Crippen molar-refractivity contribution in [1.29, 1.82) is 0 Å². The van der Waals surface area contributed by atoms with Crippen LogP contribution in [-0.4, -0.2) is 135 Å². The van der Waals surface area contributed by atoms with Gasteiger partial charge in [-0.15, -0.1) is 0 Å². The molecule has 322 valence electrons. The molecule has 1 aliphatic rings. The number of anilines is 1. The fourth-order valence-electron chi connectivity index (χ4n) is 4.77. The zero-order valence-electron chi connectivity index (χ0n) is 31.2. The fourth-order valence-corrected chi connectivity index (χ4v) is 8.11. The van der Waals surface area contributed by atoms with Gasteiger partial charge in [0.2, 0.25) is 16.9 Å². The summed E-state index contributed by atoms with van der Waals surface area (Å²) in [5, 5.41) is 26.0. The molecular formula is C28H44N8O17P3S-3. The van der Waals surface area contributed by atoms with Crippen LogP contribution >= 0.6 is 35.2 Å². The van der Waals surface area contributed by atoms with Gasteiger partial charge >= 0.3 is 0 Å². The highest BCUT2D eigenvalue weighted by molar-refractivity contribution is 8.14. The first-order valence-electron chi connectivity index (χ1n) is 16.7.